The first kappa shape index (κ1) is 20.2. The second-order valence-electron chi connectivity index (χ2n) is 5.44. The lowest BCUT2D eigenvalue weighted by atomic mass is 10.1. The molecule has 0 saturated carbocycles. The Morgan fingerprint density at radius 3 is 2.33 bits per heavy atom. The van der Waals surface area contributed by atoms with Gasteiger partial charge in [-0.3, -0.25) is 4.79 Å². The van der Waals surface area contributed by atoms with Crippen LogP contribution >= 0.6 is 0 Å². The average Bonchev–Trinajstić information content (AvgIpc) is 2.71. The third-order valence-electron chi connectivity index (χ3n) is 3.97. The Morgan fingerprint density at radius 1 is 1.04 bits per heavy atom. The van der Waals surface area contributed by atoms with Crippen molar-refractivity contribution in [2.45, 2.75) is 6.42 Å². The molecule has 2 rings (SSSR count). The van der Waals surface area contributed by atoms with Gasteiger partial charge in [-0.1, -0.05) is 12.1 Å². The number of methoxy groups -OCH3 is 4. The van der Waals surface area contributed by atoms with Crippen LogP contribution in [-0.2, 0) is 39.8 Å². The summed E-state index contributed by atoms with van der Waals surface area (Å²) in [4.78, 5) is 37.8. The molecule has 0 spiro atoms. The van der Waals surface area contributed by atoms with Crippen LogP contribution in [0.25, 0.3) is 0 Å². The number of carbonyl (C=O) groups is 3. The first-order valence-corrected chi connectivity index (χ1v) is 7.96. The third kappa shape index (κ3) is 4.20. The van der Waals surface area contributed by atoms with Gasteiger partial charge in [0.25, 0.3) is 0 Å². The van der Waals surface area contributed by atoms with Crippen molar-refractivity contribution in [3.8, 4) is 5.75 Å². The van der Waals surface area contributed by atoms with Gasteiger partial charge in [-0.25, -0.2) is 9.59 Å². The molecule has 0 fully saturated rings. The summed E-state index contributed by atoms with van der Waals surface area (Å²) < 4.78 is 25.2. The molecule has 9 nitrogen and oxygen atoms in total. The molecule has 1 aromatic carbocycles. The van der Waals surface area contributed by atoms with Crippen molar-refractivity contribution < 1.29 is 38.1 Å². The van der Waals surface area contributed by atoms with Gasteiger partial charge in [-0.05, 0) is 11.6 Å². The fraction of sp³-hybridized carbons (Fsp3) is 0.389. The van der Waals surface area contributed by atoms with Crippen molar-refractivity contribution in [2.24, 2.45) is 0 Å². The van der Waals surface area contributed by atoms with Crippen LogP contribution in [-0.4, -0.2) is 59.7 Å². The molecule has 1 aliphatic rings. The quantitative estimate of drug-likeness (QED) is 0.525. The molecule has 0 aromatic heterocycles. The predicted octanol–water partition coefficient (Wildman–Crippen LogP) is 0.805. The lowest BCUT2D eigenvalue weighted by Gasteiger charge is -2.33. The first-order chi connectivity index (χ1) is 13.0. The summed E-state index contributed by atoms with van der Waals surface area (Å²) in [5, 5.41) is 0. The Balaban J connectivity index is 2.68. The van der Waals surface area contributed by atoms with Crippen molar-refractivity contribution >= 4 is 23.6 Å². The molecule has 0 saturated heterocycles. The minimum Gasteiger partial charge on any atom is -0.495 e. The van der Waals surface area contributed by atoms with Crippen molar-refractivity contribution in [3.63, 3.8) is 0 Å². The Kier molecular flexibility index (Phi) is 6.78. The van der Waals surface area contributed by atoms with E-state index < -0.39 is 17.9 Å². The maximum absolute atomic E-state index is 12.5. The van der Waals surface area contributed by atoms with Crippen LogP contribution in [0.15, 0.2) is 29.5 Å². The van der Waals surface area contributed by atoms with Crippen LogP contribution in [0.5, 0.6) is 5.75 Å². The molecule has 0 unspecified atom stereocenters. The number of esters is 3. The number of ether oxygens (including phenoxy) is 5. The van der Waals surface area contributed by atoms with E-state index in [1.165, 1.54) is 33.3 Å². The zero-order chi connectivity index (χ0) is 20.0. The predicted molar refractivity (Wildman–Crippen MR) is 93.1 cm³/mol. The molecule has 0 atom stereocenters. The van der Waals surface area contributed by atoms with Gasteiger partial charge in [0.15, 0.2) is 0 Å². The van der Waals surface area contributed by atoms with E-state index in [2.05, 4.69) is 0 Å². The molecule has 1 aromatic rings. The minimum absolute atomic E-state index is 0.00511. The number of benzene rings is 1. The second kappa shape index (κ2) is 9.04. The van der Waals surface area contributed by atoms with E-state index in [4.69, 9.17) is 23.7 Å². The number of para-hydroxylation sites is 1. The maximum Gasteiger partial charge on any atom is 0.355 e. The van der Waals surface area contributed by atoms with Crippen LogP contribution in [0.1, 0.15) is 5.56 Å². The summed E-state index contributed by atoms with van der Waals surface area (Å²) in [6.45, 7) is -0.172. The molecule has 9 heteroatoms. The number of rotatable bonds is 6. The van der Waals surface area contributed by atoms with Gasteiger partial charge in [0.2, 0.25) is 0 Å². The van der Waals surface area contributed by atoms with Gasteiger partial charge in [0.1, 0.15) is 18.2 Å². The van der Waals surface area contributed by atoms with Crippen LogP contribution < -0.4 is 9.64 Å². The molecule has 0 bridgehead atoms. The number of carbonyl (C=O) groups excluding carboxylic acids is 3. The summed E-state index contributed by atoms with van der Waals surface area (Å²) in [5.41, 5.74) is 0.890. The monoisotopic (exact) mass is 379 g/mol. The highest BCUT2D eigenvalue weighted by Crippen LogP contribution is 2.37. The fourth-order valence-corrected chi connectivity index (χ4v) is 2.73. The van der Waals surface area contributed by atoms with Gasteiger partial charge in [0.05, 0.1) is 52.7 Å². The lowest BCUT2D eigenvalue weighted by Crippen LogP contribution is -2.39. The molecular formula is C18H21NO8. The highest BCUT2D eigenvalue weighted by molar-refractivity contribution is 6.04. The number of hydrogen-bond donors (Lipinski definition) is 0. The summed E-state index contributed by atoms with van der Waals surface area (Å²) in [6, 6.07) is 5.06. The molecule has 27 heavy (non-hydrogen) atoms. The molecule has 146 valence electrons. The van der Waals surface area contributed by atoms with Crippen LogP contribution in [0.2, 0.25) is 0 Å². The smallest absolute Gasteiger partial charge is 0.355 e. The van der Waals surface area contributed by atoms with E-state index in [9.17, 15) is 14.4 Å². The van der Waals surface area contributed by atoms with Gasteiger partial charge in [0, 0.05) is 0 Å². The van der Waals surface area contributed by atoms with Crippen LogP contribution in [0.4, 0.5) is 5.69 Å². The van der Waals surface area contributed by atoms with E-state index in [0.29, 0.717) is 17.0 Å². The highest BCUT2D eigenvalue weighted by atomic mass is 16.5. The van der Waals surface area contributed by atoms with Gasteiger partial charge >= 0.3 is 17.9 Å². The maximum atomic E-state index is 12.5. The van der Waals surface area contributed by atoms with Crippen molar-refractivity contribution in [1.82, 2.24) is 0 Å². The molecule has 0 radical (unpaired) electrons. The van der Waals surface area contributed by atoms with E-state index >= 15 is 0 Å². The molecule has 0 amide bonds. The summed E-state index contributed by atoms with van der Waals surface area (Å²) in [6.07, 6.45) is -0.0679. The zero-order valence-electron chi connectivity index (χ0n) is 15.6. The number of nitrogens with zero attached hydrogens (tertiary/aromatic N) is 1. The van der Waals surface area contributed by atoms with Gasteiger partial charge in [-0.2, -0.15) is 0 Å². The molecule has 0 aliphatic carbocycles. The molecule has 1 heterocycles. The Morgan fingerprint density at radius 2 is 1.74 bits per heavy atom. The van der Waals surface area contributed by atoms with Gasteiger partial charge in [-0.15, -0.1) is 0 Å². The summed E-state index contributed by atoms with van der Waals surface area (Å²) >= 11 is 0. The van der Waals surface area contributed by atoms with Crippen LogP contribution in [0.3, 0.4) is 0 Å². The van der Waals surface area contributed by atoms with Crippen molar-refractivity contribution in [1.29, 1.82) is 0 Å². The average molecular weight is 379 g/mol. The Bertz CT molecular complexity index is 771. The topological polar surface area (TPSA) is 101 Å². The van der Waals surface area contributed by atoms with Crippen LogP contribution in [0, 0.1) is 0 Å². The number of hydrogen-bond acceptors (Lipinski definition) is 9. The molecular weight excluding hydrogens is 358 g/mol. The second-order valence-corrected chi connectivity index (χ2v) is 5.44. The largest absolute Gasteiger partial charge is 0.495 e. The first-order valence-electron chi connectivity index (χ1n) is 7.96. The Labute approximate surface area is 156 Å². The minimum atomic E-state index is -0.742. The standard InChI is InChI=1S/C18H21NO8/c1-23-13-7-5-6-11(8-14(20)24-2)15(13)19-10-27-9-12(17(21)25-3)16(19)18(22)26-4/h5-7H,8-10H2,1-4H3. The summed E-state index contributed by atoms with van der Waals surface area (Å²) in [5.74, 6) is -1.55. The molecule has 0 N–H and O–H groups in total. The molecule has 1 aliphatic heterocycles. The highest BCUT2D eigenvalue weighted by Gasteiger charge is 2.35. The third-order valence-corrected chi connectivity index (χ3v) is 3.97. The normalized spacial score (nSPS) is 13.9. The fourth-order valence-electron chi connectivity index (χ4n) is 2.73. The number of anilines is 1. The summed E-state index contributed by atoms with van der Waals surface area (Å²) in [7, 11) is 5.14. The van der Waals surface area contributed by atoms with Crippen molar-refractivity contribution in [3.05, 3.63) is 35.0 Å². The van der Waals surface area contributed by atoms with E-state index in [1.54, 1.807) is 18.2 Å². The van der Waals surface area contributed by atoms with E-state index in [0.717, 1.165) is 0 Å². The lowest BCUT2D eigenvalue weighted by molar-refractivity contribution is -0.140. The zero-order valence-corrected chi connectivity index (χ0v) is 15.6. The van der Waals surface area contributed by atoms with E-state index in [1.807, 2.05) is 0 Å². The van der Waals surface area contributed by atoms with Crippen molar-refractivity contribution in [2.75, 3.05) is 46.7 Å². The van der Waals surface area contributed by atoms with E-state index in [-0.39, 0.29) is 31.0 Å². The Hall–Kier alpha value is -3.07. The SMILES string of the molecule is COC(=O)Cc1cccc(OC)c1N1COCC(C(=O)OC)=C1C(=O)OC. The van der Waals surface area contributed by atoms with Gasteiger partial charge < -0.3 is 28.6 Å².